The Hall–Kier alpha value is -1.70. The Bertz CT molecular complexity index is 376. The second kappa shape index (κ2) is 5.91. The third-order valence-corrected chi connectivity index (χ3v) is 1.86. The van der Waals surface area contributed by atoms with Crippen LogP contribution in [0, 0.1) is 5.92 Å². The average molecular weight is 200 g/mol. The highest BCUT2D eigenvalue weighted by molar-refractivity contribution is 5.61. The van der Waals surface area contributed by atoms with Gasteiger partial charge in [0.2, 0.25) is 0 Å². The minimum absolute atomic E-state index is 0.573. The molecule has 0 radical (unpaired) electrons. The maximum atomic E-state index is 3.97. The molecule has 1 aromatic heterocycles. The van der Waals surface area contributed by atoms with E-state index in [0.29, 0.717) is 5.92 Å². The van der Waals surface area contributed by atoms with E-state index in [1.165, 1.54) is 0 Å². The van der Waals surface area contributed by atoms with E-state index in [4.69, 9.17) is 0 Å². The molecular weight excluding hydrogens is 184 g/mol. The molecule has 0 spiro atoms. The van der Waals surface area contributed by atoms with E-state index in [9.17, 15) is 0 Å². The summed E-state index contributed by atoms with van der Waals surface area (Å²) in [6.07, 6.45) is 11.6. The lowest BCUT2D eigenvalue weighted by Crippen LogP contribution is -1.88. The van der Waals surface area contributed by atoms with Crippen molar-refractivity contribution in [1.29, 1.82) is 0 Å². The first-order chi connectivity index (χ1) is 7.24. The lowest BCUT2D eigenvalue weighted by molar-refractivity contribution is 0.832. The highest BCUT2D eigenvalue weighted by Crippen LogP contribution is 2.07. The number of hydrogen-bond donors (Lipinski definition) is 0. The molecule has 0 bridgehead atoms. The summed E-state index contributed by atoms with van der Waals surface area (Å²) >= 11 is 0. The van der Waals surface area contributed by atoms with Crippen LogP contribution in [0.15, 0.2) is 37.1 Å². The first-order valence-electron chi connectivity index (χ1n) is 5.03. The minimum Gasteiger partial charge on any atom is -0.159 e. The van der Waals surface area contributed by atoms with Gasteiger partial charge in [0.1, 0.15) is 0 Å². The van der Waals surface area contributed by atoms with Crippen molar-refractivity contribution in [3.8, 4) is 0 Å². The molecule has 0 amide bonds. The van der Waals surface area contributed by atoms with Gasteiger partial charge in [0.05, 0.1) is 11.9 Å². The second-order valence-corrected chi connectivity index (χ2v) is 3.56. The smallest absolute Gasteiger partial charge is 0.0923 e. The molecule has 0 atom stereocenters. The first kappa shape index (κ1) is 11.4. The van der Waals surface area contributed by atoms with Gasteiger partial charge >= 0.3 is 0 Å². The maximum absolute atomic E-state index is 3.97. The third-order valence-electron chi connectivity index (χ3n) is 1.86. The lowest BCUT2D eigenvalue weighted by Gasteiger charge is -1.96. The lowest BCUT2D eigenvalue weighted by atomic mass is 10.1. The Morgan fingerprint density at radius 2 is 2.13 bits per heavy atom. The van der Waals surface area contributed by atoms with Crippen LogP contribution in [0.4, 0.5) is 0 Å². The number of hydrogen-bond acceptors (Lipinski definition) is 2. The molecule has 1 rings (SSSR count). The predicted molar refractivity (Wildman–Crippen MR) is 65.1 cm³/mol. The Balaban J connectivity index is 2.76. The SMILES string of the molecule is C=Cc1nnccc1/C=C\C=C\C(C)C. The van der Waals surface area contributed by atoms with Gasteiger partial charge in [0.25, 0.3) is 0 Å². The zero-order valence-electron chi connectivity index (χ0n) is 9.22. The topological polar surface area (TPSA) is 25.8 Å². The fraction of sp³-hybridized carbons (Fsp3) is 0.231. The molecule has 2 heteroatoms. The zero-order chi connectivity index (χ0) is 11.1. The Kier molecular flexibility index (Phi) is 4.48. The van der Waals surface area contributed by atoms with E-state index in [2.05, 4.69) is 36.7 Å². The van der Waals surface area contributed by atoms with E-state index < -0.39 is 0 Å². The molecule has 1 aromatic rings. The van der Waals surface area contributed by atoms with Crippen molar-refractivity contribution in [3.05, 3.63) is 48.3 Å². The number of rotatable bonds is 4. The average Bonchev–Trinajstić information content (AvgIpc) is 2.24. The third kappa shape index (κ3) is 3.90. The van der Waals surface area contributed by atoms with Gasteiger partial charge in [0.15, 0.2) is 0 Å². The van der Waals surface area contributed by atoms with Gasteiger partial charge < -0.3 is 0 Å². The van der Waals surface area contributed by atoms with Crippen molar-refractivity contribution < 1.29 is 0 Å². The summed E-state index contributed by atoms with van der Waals surface area (Å²) in [5, 5.41) is 7.77. The van der Waals surface area contributed by atoms with Crippen molar-refractivity contribution >= 4 is 12.2 Å². The van der Waals surface area contributed by atoms with Crippen molar-refractivity contribution in [2.75, 3.05) is 0 Å². The number of allylic oxidation sites excluding steroid dienone is 3. The molecule has 0 saturated carbocycles. The molecular formula is C13H16N2. The van der Waals surface area contributed by atoms with Crippen molar-refractivity contribution in [3.63, 3.8) is 0 Å². The minimum atomic E-state index is 0.573. The summed E-state index contributed by atoms with van der Waals surface area (Å²) in [6, 6.07) is 1.92. The van der Waals surface area contributed by atoms with Gasteiger partial charge in [-0.2, -0.15) is 10.2 Å². The molecule has 0 fully saturated rings. The molecule has 0 N–H and O–H groups in total. The maximum Gasteiger partial charge on any atom is 0.0923 e. The highest BCUT2D eigenvalue weighted by atomic mass is 15.1. The number of nitrogens with zero attached hydrogens (tertiary/aromatic N) is 2. The molecule has 78 valence electrons. The molecule has 0 unspecified atom stereocenters. The largest absolute Gasteiger partial charge is 0.159 e. The summed E-state index contributed by atoms with van der Waals surface area (Å²) < 4.78 is 0. The van der Waals surface area contributed by atoms with Gasteiger partial charge in [0, 0.05) is 5.56 Å². The van der Waals surface area contributed by atoms with Crippen LogP contribution < -0.4 is 0 Å². The van der Waals surface area contributed by atoms with Crippen LogP contribution >= 0.6 is 0 Å². The molecule has 0 aliphatic heterocycles. The fourth-order valence-corrected chi connectivity index (χ4v) is 1.10. The van der Waals surface area contributed by atoms with Crippen LogP contribution in [-0.4, -0.2) is 10.2 Å². The molecule has 0 aliphatic carbocycles. The molecule has 2 nitrogen and oxygen atoms in total. The summed E-state index contributed by atoms with van der Waals surface area (Å²) in [5.74, 6) is 0.573. The standard InChI is InChI=1S/C13H16N2/c1-4-13-12(9-10-14-15-13)8-6-5-7-11(2)3/h4-11H,1H2,2-3H3/b7-5+,8-6-. The van der Waals surface area contributed by atoms with Gasteiger partial charge in [-0.15, -0.1) is 0 Å². The molecule has 0 saturated heterocycles. The van der Waals surface area contributed by atoms with Crippen LogP contribution in [0.3, 0.4) is 0 Å². The molecule has 15 heavy (non-hydrogen) atoms. The Labute approximate surface area is 91.1 Å². The Morgan fingerprint density at radius 1 is 1.33 bits per heavy atom. The van der Waals surface area contributed by atoms with Crippen LogP contribution in [0.5, 0.6) is 0 Å². The van der Waals surface area contributed by atoms with Crippen molar-refractivity contribution in [2.45, 2.75) is 13.8 Å². The normalized spacial score (nSPS) is 11.7. The summed E-state index contributed by atoms with van der Waals surface area (Å²) in [5.41, 5.74) is 1.85. The molecule has 0 aromatic carbocycles. The first-order valence-corrected chi connectivity index (χ1v) is 5.03. The van der Waals surface area contributed by atoms with E-state index in [0.717, 1.165) is 11.3 Å². The van der Waals surface area contributed by atoms with Crippen LogP contribution in [0.2, 0.25) is 0 Å². The number of aromatic nitrogens is 2. The predicted octanol–water partition coefficient (Wildman–Crippen LogP) is 3.35. The van der Waals surface area contributed by atoms with Crippen molar-refractivity contribution in [1.82, 2.24) is 10.2 Å². The van der Waals surface area contributed by atoms with E-state index >= 15 is 0 Å². The second-order valence-electron chi connectivity index (χ2n) is 3.56. The van der Waals surface area contributed by atoms with E-state index in [1.54, 1.807) is 12.3 Å². The van der Waals surface area contributed by atoms with Crippen LogP contribution in [0.1, 0.15) is 25.1 Å². The van der Waals surface area contributed by atoms with E-state index in [1.807, 2.05) is 24.3 Å². The zero-order valence-corrected chi connectivity index (χ0v) is 9.22. The van der Waals surface area contributed by atoms with Gasteiger partial charge in [-0.3, -0.25) is 0 Å². The summed E-state index contributed by atoms with van der Waals surface area (Å²) in [7, 11) is 0. The van der Waals surface area contributed by atoms with Gasteiger partial charge in [-0.05, 0) is 18.1 Å². The van der Waals surface area contributed by atoms with Crippen LogP contribution in [-0.2, 0) is 0 Å². The molecule has 1 heterocycles. The highest BCUT2D eigenvalue weighted by Gasteiger charge is 1.94. The summed E-state index contributed by atoms with van der Waals surface area (Å²) in [4.78, 5) is 0. The monoisotopic (exact) mass is 200 g/mol. The van der Waals surface area contributed by atoms with Crippen LogP contribution in [0.25, 0.3) is 12.2 Å². The van der Waals surface area contributed by atoms with Gasteiger partial charge in [-0.1, -0.05) is 44.7 Å². The van der Waals surface area contributed by atoms with Crippen molar-refractivity contribution in [2.24, 2.45) is 5.92 Å². The molecule has 0 aliphatic rings. The fourth-order valence-electron chi connectivity index (χ4n) is 1.10. The summed E-state index contributed by atoms with van der Waals surface area (Å²) in [6.45, 7) is 7.99. The van der Waals surface area contributed by atoms with Gasteiger partial charge in [-0.25, -0.2) is 0 Å². The Morgan fingerprint density at radius 3 is 2.80 bits per heavy atom. The van der Waals surface area contributed by atoms with E-state index in [-0.39, 0.29) is 0 Å². The quantitative estimate of drug-likeness (QED) is 0.696.